The second kappa shape index (κ2) is 11.1. The van der Waals surface area contributed by atoms with Gasteiger partial charge in [0.15, 0.2) is 5.58 Å². The second-order valence-corrected chi connectivity index (χ2v) is 15.5. The van der Waals surface area contributed by atoms with Crippen LogP contribution in [0.2, 0.25) is 0 Å². The molecule has 6 heteroatoms. The average Bonchev–Trinajstić information content (AvgIpc) is 4.01. The number of rotatable bonds is 3. The largest absolute Gasteiger partial charge is 0.452 e. The summed E-state index contributed by atoms with van der Waals surface area (Å²) in [5, 5.41) is 10.7. The van der Waals surface area contributed by atoms with Crippen LogP contribution in [0.3, 0.4) is 0 Å². The van der Waals surface area contributed by atoms with Crippen molar-refractivity contribution in [2.24, 2.45) is 0 Å². The number of hydrogen-bond acceptors (Lipinski definition) is 4. The minimum Gasteiger partial charge on any atom is -0.452 e. The number of nitrogens with zero attached hydrogens (tertiary/aromatic N) is 4. The van der Waals surface area contributed by atoms with Crippen molar-refractivity contribution < 1.29 is 4.42 Å². The Bertz CT molecular complexity index is 3770. The molecule has 0 radical (unpaired) electrons. The van der Waals surface area contributed by atoms with Crippen LogP contribution < -0.4 is 0 Å². The van der Waals surface area contributed by atoms with Crippen LogP contribution >= 0.6 is 11.3 Å². The Morgan fingerprint density at radius 2 is 1.11 bits per heavy atom. The van der Waals surface area contributed by atoms with Crippen LogP contribution in [0.25, 0.3) is 120 Å². The van der Waals surface area contributed by atoms with Gasteiger partial charge in [-0.1, -0.05) is 115 Å². The molecule has 0 atom stereocenters. The summed E-state index contributed by atoms with van der Waals surface area (Å²) in [6, 6.07) is 60.3. The van der Waals surface area contributed by atoms with Crippen LogP contribution in [-0.2, 0) is 0 Å². The Labute approximate surface area is 322 Å². The molecule has 0 bridgehead atoms. The van der Waals surface area contributed by atoms with Crippen LogP contribution in [0.5, 0.6) is 0 Å². The first kappa shape index (κ1) is 30.1. The quantitative estimate of drug-likeness (QED) is 0.182. The molecule has 0 aliphatic rings. The van der Waals surface area contributed by atoms with E-state index in [1.165, 1.54) is 47.1 Å². The number of furan rings is 1. The SMILES string of the molecule is c1ccc(-n2c3ccccc3c3cc(-c4nc(-n5c6ccccc6c6c7sc8ccccc8c7c7ccccc7c65)nc5c4oc4ccccc45)ccc32)cc1. The van der Waals surface area contributed by atoms with E-state index in [2.05, 4.69) is 167 Å². The fourth-order valence-corrected chi connectivity index (χ4v) is 10.5. The Kier molecular flexibility index (Phi) is 5.98. The van der Waals surface area contributed by atoms with Gasteiger partial charge < -0.3 is 8.98 Å². The number of aromatic nitrogens is 4. The highest BCUT2D eigenvalue weighted by atomic mass is 32.1. The monoisotopic (exact) mass is 732 g/mol. The van der Waals surface area contributed by atoms with Crippen LogP contribution in [0, 0.1) is 0 Å². The van der Waals surface area contributed by atoms with Gasteiger partial charge in [-0.3, -0.25) is 4.57 Å². The van der Waals surface area contributed by atoms with E-state index in [-0.39, 0.29) is 0 Å². The van der Waals surface area contributed by atoms with E-state index >= 15 is 0 Å². The van der Waals surface area contributed by atoms with Crippen molar-refractivity contribution in [3.05, 3.63) is 170 Å². The molecule has 13 rings (SSSR count). The second-order valence-electron chi connectivity index (χ2n) is 14.5. The van der Waals surface area contributed by atoms with Crippen molar-refractivity contribution in [2.75, 3.05) is 0 Å². The summed E-state index contributed by atoms with van der Waals surface area (Å²) in [5.41, 5.74) is 9.60. The molecule has 0 aliphatic carbocycles. The Morgan fingerprint density at radius 3 is 1.95 bits per heavy atom. The molecule has 8 aromatic carbocycles. The van der Waals surface area contributed by atoms with Crippen molar-refractivity contribution in [1.82, 2.24) is 19.1 Å². The van der Waals surface area contributed by atoms with E-state index in [1.54, 1.807) is 0 Å². The molecule has 5 heterocycles. The molecule has 56 heavy (non-hydrogen) atoms. The van der Waals surface area contributed by atoms with Gasteiger partial charge >= 0.3 is 0 Å². The van der Waals surface area contributed by atoms with E-state index in [0.29, 0.717) is 11.5 Å². The molecule has 0 saturated carbocycles. The maximum Gasteiger partial charge on any atom is 0.236 e. The minimum atomic E-state index is 0.614. The van der Waals surface area contributed by atoms with Gasteiger partial charge in [0, 0.05) is 63.7 Å². The molecule has 0 spiro atoms. The molecule has 0 fully saturated rings. The van der Waals surface area contributed by atoms with Gasteiger partial charge in [0.1, 0.15) is 16.8 Å². The summed E-state index contributed by atoms with van der Waals surface area (Å²) in [6.45, 7) is 0. The van der Waals surface area contributed by atoms with Crippen LogP contribution in [0.15, 0.2) is 174 Å². The van der Waals surface area contributed by atoms with Crippen molar-refractivity contribution in [2.45, 2.75) is 0 Å². The number of thiophene rings is 1. The Hall–Kier alpha value is -7.28. The van der Waals surface area contributed by atoms with E-state index in [1.807, 2.05) is 23.5 Å². The lowest BCUT2D eigenvalue weighted by molar-refractivity contribution is 0.666. The fraction of sp³-hybridized carbons (Fsp3) is 0. The van der Waals surface area contributed by atoms with Crippen molar-refractivity contribution in [1.29, 1.82) is 0 Å². The first-order chi connectivity index (χ1) is 27.8. The van der Waals surface area contributed by atoms with Gasteiger partial charge in [-0.05, 0) is 60.0 Å². The lowest BCUT2D eigenvalue weighted by atomic mass is 10.00. The highest BCUT2D eigenvalue weighted by Gasteiger charge is 2.25. The zero-order valence-corrected chi connectivity index (χ0v) is 30.6. The fourth-order valence-electron chi connectivity index (χ4n) is 9.18. The number of benzene rings is 8. The van der Waals surface area contributed by atoms with Gasteiger partial charge in [0.05, 0.1) is 22.1 Å². The standard InChI is InChI=1S/C50H28N4OS/c1-2-14-30(15-3-1)53-38-22-10-6-16-31(38)37-28-29(26-27-40(37)53)45-48-46(35-20-8-12-24-41(35)55-48)52-50(51-45)54-39-23-11-7-19-34(39)44-47(54)33-18-5-4-17-32(33)43-36-21-9-13-25-42(36)56-49(43)44/h1-28H. The van der Waals surface area contributed by atoms with Crippen LogP contribution in [0.1, 0.15) is 0 Å². The first-order valence-electron chi connectivity index (χ1n) is 18.8. The predicted molar refractivity (Wildman–Crippen MR) is 234 cm³/mol. The number of para-hydroxylation sites is 4. The van der Waals surface area contributed by atoms with Crippen LogP contribution in [-0.4, -0.2) is 19.1 Å². The highest BCUT2D eigenvalue weighted by molar-refractivity contribution is 7.27. The molecule has 13 aromatic rings. The topological polar surface area (TPSA) is 48.8 Å². The van der Waals surface area contributed by atoms with E-state index < -0.39 is 0 Å². The molecular weight excluding hydrogens is 705 g/mol. The summed E-state index contributed by atoms with van der Waals surface area (Å²) in [5.74, 6) is 0.614. The predicted octanol–water partition coefficient (Wildman–Crippen LogP) is 13.8. The molecule has 0 amide bonds. The summed E-state index contributed by atoms with van der Waals surface area (Å²) in [4.78, 5) is 11.0. The summed E-state index contributed by atoms with van der Waals surface area (Å²) in [6.07, 6.45) is 0. The highest BCUT2D eigenvalue weighted by Crippen LogP contribution is 2.48. The summed E-state index contributed by atoms with van der Waals surface area (Å²) >= 11 is 1.87. The number of hydrogen-bond donors (Lipinski definition) is 0. The Balaban J connectivity index is 1.17. The minimum absolute atomic E-state index is 0.614. The molecule has 0 unspecified atom stereocenters. The average molecular weight is 733 g/mol. The smallest absolute Gasteiger partial charge is 0.236 e. The third-order valence-electron chi connectivity index (χ3n) is 11.5. The molecule has 260 valence electrons. The molecule has 0 N–H and O–H groups in total. The van der Waals surface area contributed by atoms with Gasteiger partial charge in [0.25, 0.3) is 0 Å². The maximum absolute atomic E-state index is 6.68. The molecule has 5 aromatic heterocycles. The normalized spacial score (nSPS) is 12.3. The molecular formula is C50H28N4OS. The third kappa shape index (κ3) is 3.98. The van der Waals surface area contributed by atoms with Gasteiger partial charge in [-0.25, -0.2) is 9.97 Å². The summed E-state index contributed by atoms with van der Waals surface area (Å²) in [7, 11) is 0. The van der Waals surface area contributed by atoms with Crippen molar-refractivity contribution in [3.8, 4) is 22.9 Å². The molecule has 5 nitrogen and oxygen atoms in total. The van der Waals surface area contributed by atoms with Crippen molar-refractivity contribution in [3.63, 3.8) is 0 Å². The van der Waals surface area contributed by atoms with Gasteiger partial charge in [-0.2, -0.15) is 0 Å². The van der Waals surface area contributed by atoms with E-state index in [9.17, 15) is 0 Å². The van der Waals surface area contributed by atoms with Gasteiger partial charge in [0.2, 0.25) is 5.95 Å². The first-order valence-corrected chi connectivity index (χ1v) is 19.7. The Morgan fingerprint density at radius 1 is 0.464 bits per heavy atom. The van der Waals surface area contributed by atoms with Gasteiger partial charge in [-0.15, -0.1) is 11.3 Å². The lowest BCUT2D eigenvalue weighted by Gasteiger charge is -2.12. The molecule has 0 saturated heterocycles. The maximum atomic E-state index is 6.68. The zero-order chi connectivity index (χ0) is 36.5. The summed E-state index contributed by atoms with van der Waals surface area (Å²) < 4.78 is 13.9. The number of fused-ring (bicyclic) bond motifs is 16. The van der Waals surface area contributed by atoms with Crippen molar-refractivity contribution >= 4 is 108 Å². The lowest BCUT2D eigenvalue weighted by Crippen LogP contribution is -2.03. The van der Waals surface area contributed by atoms with E-state index in [4.69, 9.17) is 14.4 Å². The molecule has 0 aliphatic heterocycles. The van der Waals surface area contributed by atoms with E-state index in [0.717, 1.165) is 60.9 Å². The third-order valence-corrected chi connectivity index (χ3v) is 12.7. The zero-order valence-electron chi connectivity index (χ0n) is 29.8. The van der Waals surface area contributed by atoms with Crippen LogP contribution in [0.4, 0.5) is 0 Å².